The number of para-hydroxylation sites is 1. The minimum atomic E-state index is 0.496. The maximum absolute atomic E-state index is 4.88. The van der Waals surface area contributed by atoms with E-state index in [0.29, 0.717) is 6.04 Å². The first-order chi connectivity index (χ1) is 16.1. The van der Waals surface area contributed by atoms with Crippen LogP contribution in [-0.4, -0.2) is 36.6 Å². The van der Waals surface area contributed by atoms with Crippen LogP contribution in [-0.2, 0) is 6.54 Å². The highest BCUT2D eigenvalue weighted by Gasteiger charge is 2.21. The second kappa shape index (κ2) is 9.74. The van der Waals surface area contributed by atoms with Crippen LogP contribution in [0.5, 0.6) is 0 Å². The summed E-state index contributed by atoms with van der Waals surface area (Å²) in [5.41, 5.74) is 4.79. The molecule has 0 unspecified atom stereocenters. The molecule has 1 aliphatic carbocycles. The Morgan fingerprint density at radius 3 is 2.67 bits per heavy atom. The van der Waals surface area contributed by atoms with Crippen molar-refractivity contribution in [2.75, 3.05) is 30.9 Å². The summed E-state index contributed by atoms with van der Waals surface area (Å²) in [6.45, 7) is 1.98. The molecule has 5 nitrogen and oxygen atoms in total. The molecule has 1 saturated carbocycles. The van der Waals surface area contributed by atoms with Gasteiger partial charge in [-0.1, -0.05) is 34.1 Å². The minimum absolute atomic E-state index is 0.496. The van der Waals surface area contributed by atoms with Crippen molar-refractivity contribution in [1.29, 1.82) is 0 Å². The van der Waals surface area contributed by atoms with Crippen LogP contribution in [0.3, 0.4) is 0 Å². The molecule has 172 valence electrons. The lowest BCUT2D eigenvalue weighted by Crippen LogP contribution is -2.31. The molecule has 33 heavy (non-hydrogen) atoms. The minimum Gasteiger partial charge on any atom is -0.377 e. The Labute approximate surface area is 204 Å². The molecule has 2 heterocycles. The summed E-state index contributed by atoms with van der Waals surface area (Å²) in [6.07, 6.45) is 7.01. The van der Waals surface area contributed by atoms with Crippen molar-refractivity contribution in [3.63, 3.8) is 0 Å². The van der Waals surface area contributed by atoms with Gasteiger partial charge in [0.1, 0.15) is 5.82 Å². The summed E-state index contributed by atoms with van der Waals surface area (Å²) in [5, 5.41) is 9.92. The molecule has 0 bridgehead atoms. The normalized spacial score (nSPS) is 18.6. The van der Waals surface area contributed by atoms with Crippen LogP contribution in [0.1, 0.15) is 31.2 Å². The fraction of sp³-hybridized carbons (Fsp3) is 0.370. The van der Waals surface area contributed by atoms with Gasteiger partial charge >= 0.3 is 0 Å². The first-order valence-electron chi connectivity index (χ1n) is 11.9. The van der Waals surface area contributed by atoms with Crippen molar-refractivity contribution < 1.29 is 0 Å². The Kier molecular flexibility index (Phi) is 6.56. The number of benzene rings is 2. The SMILES string of the molecule is CN(C)c1cc(NC2CCC(CNCc3c[nH]c4ccc(Br)cc34)CC2)nc2ccccc12. The molecule has 5 rings (SSSR count). The number of nitrogens with one attached hydrogen (secondary N) is 3. The molecule has 0 amide bonds. The molecule has 0 radical (unpaired) electrons. The Hall–Kier alpha value is -2.57. The first-order valence-corrected chi connectivity index (χ1v) is 12.7. The van der Waals surface area contributed by atoms with Crippen LogP contribution in [0.4, 0.5) is 11.5 Å². The van der Waals surface area contributed by atoms with Crippen molar-refractivity contribution in [1.82, 2.24) is 15.3 Å². The Morgan fingerprint density at radius 2 is 1.85 bits per heavy atom. The summed E-state index contributed by atoms with van der Waals surface area (Å²) < 4.78 is 1.13. The second-order valence-electron chi connectivity index (χ2n) is 9.43. The fourth-order valence-corrected chi connectivity index (χ4v) is 5.39. The maximum Gasteiger partial charge on any atom is 0.128 e. The third-order valence-electron chi connectivity index (χ3n) is 6.85. The molecule has 1 fully saturated rings. The Bertz CT molecular complexity index is 1240. The van der Waals surface area contributed by atoms with Crippen LogP contribution in [0.2, 0.25) is 0 Å². The van der Waals surface area contributed by atoms with Crippen LogP contribution in [0.15, 0.2) is 59.2 Å². The van der Waals surface area contributed by atoms with Crippen LogP contribution < -0.4 is 15.5 Å². The first kappa shape index (κ1) is 22.2. The average molecular weight is 506 g/mol. The van der Waals surface area contributed by atoms with Crippen molar-refractivity contribution >= 4 is 49.2 Å². The molecule has 0 atom stereocenters. The summed E-state index contributed by atoms with van der Waals surface area (Å²) in [5.74, 6) is 1.73. The number of hydrogen-bond acceptors (Lipinski definition) is 4. The highest BCUT2D eigenvalue weighted by molar-refractivity contribution is 9.10. The molecule has 0 aliphatic heterocycles. The predicted octanol–water partition coefficient (Wildman–Crippen LogP) is 6.31. The molecule has 2 aromatic carbocycles. The van der Waals surface area contributed by atoms with Gasteiger partial charge in [-0.15, -0.1) is 0 Å². The monoisotopic (exact) mass is 505 g/mol. The fourth-order valence-electron chi connectivity index (χ4n) is 5.03. The van der Waals surface area contributed by atoms with E-state index in [0.717, 1.165) is 34.8 Å². The van der Waals surface area contributed by atoms with Crippen molar-refractivity contribution in [3.05, 3.63) is 64.8 Å². The predicted molar refractivity (Wildman–Crippen MR) is 143 cm³/mol. The summed E-state index contributed by atoms with van der Waals surface area (Å²) in [4.78, 5) is 10.4. The number of halogens is 1. The van der Waals surface area contributed by atoms with Gasteiger partial charge in [-0.3, -0.25) is 0 Å². The molecule has 0 spiro atoms. The zero-order valence-corrected chi connectivity index (χ0v) is 21.0. The third-order valence-corrected chi connectivity index (χ3v) is 7.35. The Balaban J connectivity index is 1.14. The Morgan fingerprint density at radius 1 is 1.03 bits per heavy atom. The number of pyridine rings is 1. The molecule has 6 heteroatoms. The van der Waals surface area contributed by atoms with Gasteiger partial charge < -0.3 is 20.5 Å². The number of rotatable bonds is 7. The van der Waals surface area contributed by atoms with Crippen LogP contribution >= 0.6 is 15.9 Å². The topological polar surface area (TPSA) is 56.0 Å². The molecule has 1 aliphatic rings. The van der Waals surface area contributed by atoms with Crippen LogP contribution in [0.25, 0.3) is 21.8 Å². The van der Waals surface area contributed by atoms with Gasteiger partial charge in [0, 0.05) is 65.4 Å². The average Bonchev–Trinajstić information content (AvgIpc) is 3.21. The quantitative estimate of drug-likeness (QED) is 0.275. The maximum atomic E-state index is 4.88. The number of aromatic nitrogens is 2. The van der Waals surface area contributed by atoms with Crippen molar-refractivity contribution in [3.8, 4) is 0 Å². The van der Waals surface area contributed by atoms with Crippen molar-refractivity contribution in [2.24, 2.45) is 5.92 Å². The highest BCUT2D eigenvalue weighted by atomic mass is 79.9. The van der Waals surface area contributed by atoms with Gasteiger partial charge in [0.05, 0.1) is 5.52 Å². The molecule has 3 N–H and O–H groups in total. The van der Waals surface area contributed by atoms with E-state index in [9.17, 15) is 0 Å². The van der Waals surface area contributed by atoms with Gasteiger partial charge in [-0.25, -0.2) is 4.98 Å². The molecule has 0 saturated heterocycles. The highest BCUT2D eigenvalue weighted by Crippen LogP contribution is 2.30. The number of aromatic amines is 1. The van der Waals surface area contributed by atoms with Crippen molar-refractivity contribution in [2.45, 2.75) is 38.3 Å². The third kappa shape index (κ3) is 5.02. The zero-order valence-electron chi connectivity index (χ0n) is 19.4. The number of H-pyrrole nitrogens is 1. The van der Waals surface area contributed by atoms with E-state index in [4.69, 9.17) is 4.98 Å². The zero-order chi connectivity index (χ0) is 22.8. The van der Waals surface area contributed by atoms with E-state index in [2.05, 4.69) is 105 Å². The van der Waals surface area contributed by atoms with Gasteiger partial charge in [0.25, 0.3) is 0 Å². The van der Waals surface area contributed by atoms with Gasteiger partial charge in [0.2, 0.25) is 0 Å². The number of anilines is 2. The lowest BCUT2D eigenvalue weighted by molar-refractivity contribution is 0.324. The lowest BCUT2D eigenvalue weighted by Gasteiger charge is -2.30. The number of nitrogens with zero attached hydrogens (tertiary/aromatic N) is 2. The largest absolute Gasteiger partial charge is 0.377 e. The number of hydrogen-bond donors (Lipinski definition) is 3. The summed E-state index contributed by atoms with van der Waals surface area (Å²) in [7, 11) is 4.19. The van der Waals surface area contributed by atoms with E-state index >= 15 is 0 Å². The molecule has 4 aromatic rings. The van der Waals surface area contributed by atoms with E-state index in [-0.39, 0.29) is 0 Å². The molecular formula is C27H32BrN5. The van der Waals surface area contributed by atoms with Crippen LogP contribution in [0, 0.1) is 5.92 Å². The van der Waals surface area contributed by atoms with Gasteiger partial charge in [-0.05, 0) is 68.0 Å². The molecule has 2 aromatic heterocycles. The number of fused-ring (bicyclic) bond motifs is 2. The summed E-state index contributed by atoms with van der Waals surface area (Å²) >= 11 is 3.59. The lowest BCUT2D eigenvalue weighted by atomic mass is 9.86. The van der Waals surface area contributed by atoms with E-state index < -0.39 is 0 Å². The van der Waals surface area contributed by atoms with Gasteiger partial charge in [0.15, 0.2) is 0 Å². The summed E-state index contributed by atoms with van der Waals surface area (Å²) in [6, 6.07) is 17.5. The van der Waals surface area contributed by atoms with E-state index in [1.165, 1.54) is 53.2 Å². The molecular weight excluding hydrogens is 474 g/mol. The second-order valence-corrected chi connectivity index (χ2v) is 10.4. The standard InChI is InChI=1S/C27H32BrN5/c1-33(2)26-14-27(32-25-6-4-3-5-22(25)26)31-21-10-7-18(8-11-21)15-29-16-19-17-30-24-12-9-20(28)13-23(19)24/h3-6,9,12-14,17-18,21,29-30H,7-8,10-11,15-16H2,1-2H3,(H,31,32). The van der Waals surface area contributed by atoms with E-state index in [1.54, 1.807) is 0 Å². The smallest absolute Gasteiger partial charge is 0.128 e. The van der Waals surface area contributed by atoms with E-state index in [1.807, 2.05) is 0 Å². The van der Waals surface area contributed by atoms with Gasteiger partial charge in [-0.2, -0.15) is 0 Å².